The van der Waals surface area contributed by atoms with Crippen LogP contribution in [0.1, 0.15) is 37.4 Å². The van der Waals surface area contributed by atoms with Gasteiger partial charge in [0.2, 0.25) is 0 Å². The number of fused-ring (bicyclic) bond motifs is 1. The predicted octanol–water partition coefficient (Wildman–Crippen LogP) is 3.56. The van der Waals surface area contributed by atoms with E-state index in [9.17, 15) is 19.2 Å². The summed E-state index contributed by atoms with van der Waals surface area (Å²) in [6, 6.07) is 19.9. The highest BCUT2D eigenvalue weighted by Gasteiger charge is 2.30. The Labute approximate surface area is 237 Å². The van der Waals surface area contributed by atoms with Crippen molar-refractivity contribution in [3.05, 3.63) is 94.5 Å². The van der Waals surface area contributed by atoms with Crippen molar-refractivity contribution in [1.82, 2.24) is 9.80 Å². The summed E-state index contributed by atoms with van der Waals surface area (Å²) in [6.07, 6.45) is 0. The number of aryl methyl sites for hydroxylation is 1. The van der Waals surface area contributed by atoms with Crippen LogP contribution in [0.5, 0.6) is 0 Å². The van der Waals surface area contributed by atoms with Gasteiger partial charge in [-0.15, -0.1) is 0 Å². The maximum atomic E-state index is 13.3. The number of carboxylic acid groups (broad SMARTS) is 1. The average molecular weight is 555 g/mol. The van der Waals surface area contributed by atoms with Crippen LogP contribution >= 0.6 is 0 Å². The predicted molar refractivity (Wildman–Crippen MR) is 154 cm³/mol. The van der Waals surface area contributed by atoms with Crippen LogP contribution in [0, 0.1) is 6.92 Å². The molecule has 5 rings (SSSR count). The van der Waals surface area contributed by atoms with E-state index in [1.165, 1.54) is 7.11 Å². The third-order valence-corrected chi connectivity index (χ3v) is 7.25. The van der Waals surface area contributed by atoms with Crippen LogP contribution < -0.4 is 10.6 Å². The molecule has 0 bridgehead atoms. The quantitative estimate of drug-likeness (QED) is 0.299. The van der Waals surface area contributed by atoms with E-state index >= 15 is 0 Å². The van der Waals surface area contributed by atoms with E-state index < -0.39 is 11.9 Å². The largest absolute Gasteiger partial charge is 0.480 e. The number of amides is 2. The first-order chi connectivity index (χ1) is 19.7. The first-order valence-corrected chi connectivity index (χ1v) is 13.2. The Bertz CT molecular complexity index is 1540. The van der Waals surface area contributed by atoms with E-state index in [1.807, 2.05) is 35.2 Å². The molecule has 0 aromatic heterocycles. The van der Waals surface area contributed by atoms with Gasteiger partial charge in [0, 0.05) is 43.0 Å². The molecule has 10 nitrogen and oxygen atoms in total. The zero-order valence-corrected chi connectivity index (χ0v) is 22.8. The zero-order valence-electron chi connectivity index (χ0n) is 22.8. The Morgan fingerprint density at radius 2 is 1.63 bits per heavy atom. The van der Waals surface area contributed by atoms with Gasteiger partial charge in [-0.05, 0) is 54.4 Å². The van der Waals surface area contributed by atoms with E-state index in [0.717, 1.165) is 5.56 Å². The highest BCUT2D eigenvalue weighted by atomic mass is 16.5. The summed E-state index contributed by atoms with van der Waals surface area (Å²) in [4.78, 5) is 53.1. The lowest BCUT2D eigenvalue weighted by Crippen LogP contribution is -2.49. The number of anilines is 2. The van der Waals surface area contributed by atoms with Crippen LogP contribution in [-0.4, -0.2) is 78.5 Å². The van der Waals surface area contributed by atoms with Gasteiger partial charge in [0.25, 0.3) is 11.8 Å². The summed E-state index contributed by atoms with van der Waals surface area (Å²) in [5.41, 5.74) is 5.27. The maximum Gasteiger partial charge on any atom is 0.338 e. The number of benzene rings is 3. The topological polar surface area (TPSA) is 128 Å². The smallest absolute Gasteiger partial charge is 0.338 e. The lowest BCUT2D eigenvalue weighted by Gasteiger charge is -2.33. The van der Waals surface area contributed by atoms with Crippen molar-refractivity contribution >= 4 is 46.4 Å². The molecular weight excluding hydrogens is 524 g/mol. The number of aliphatic carboxylic acids is 1. The van der Waals surface area contributed by atoms with E-state index in [2.05, 4.69) is 10.6 Å². The Hall–Kier alpha value is -4.96. The minimum atomic E-state index is -0.877. The van der Waals surface area contributed by atoms with Crippen molar-refractivity contribution in [3.63, 3.8) is 0 Å². The van der Waals surface area contributed by atoms with Crippen LogP contribution in [0.3, 0.4) is 0 Å². The highest BCUT2D eigenvalue weighted by Crippen LogP contribution is 2.39. The third kappa shape index (κ3) is 5.82. The van der Waals surface area contributed by atoms with Gasteiger partial charge in [-0.25, -0.2) is 4.79 Å². The monoisotopic (exact) mass is 554 g/mol. The van der Waals surface area contributed by atoms with Gasteiger partial charge < -0.3 is 25.4 Å². The van der Waals surface area contributed by atoms with Crippen molar-refractivity contribution < 1.29 is 29.0 Å². The molecule has 0 spiro atoms. The van der Waals surface area contributed by atoms with Gasteiger partial charge >= 0.3 is 11.9 Å². The number of nitrogens with zero attached hydrogens (tertiary/aromatic N) is 2. The maximum absolute atomic E-state index is 13.3. The molecular formula is C31H30N4O6. The molecule has 3 N–H and O–H groups in total. The summed E-state index contributed by atoms with van der Waals surface area (Å²) in [7, 11) is 1.32. The minimum Gasteiger partial charge on any atom is -0.480 e. The van der Waals surface area contributed by atoms with Crippen LogP contribution in [-0.2, 0) is 14.3 Å². The molecule has 2 amide bonds. The van der Waals surface area contributed by atoms with Crippen LogP contribution in [0.25, 0.3) is 11.3 Å². The third-order valence-electron chi connectivity index (χ3n) is 7.25. The molecule has 2 aliphatic rings. The number of nitrogens with one attached hydrogen (secondary N) is 2. The van der Waals surface area contributed by atoms with Gasteiger partial charge in [-0.1, -0.05) is 30.3 Å². The molecule has 3 aromatic carbocycles. The summed E-state index contributed by atoms with van der Waals surface area (Å²) in [5.74, 6) is -1.77. The fraction of sp³-hybridized carbons (Fsp3) is 0.226. The number of carbonyl (C=O) groups excluding carboxylic acids is 3. The molecule has 210 valence electrons. The normalized spacial score (nSPS) is 16.0. The van der Waals surface area contributed by atoms with Crippen molar-refractivity contribution in [3.8, 4) is 0 Å². The number of ether oxygens (including phenoxy) is 1. The van der Waals surface area contributed by atoms with Gasteiger partial charge in [-0.2, -0.15) is 0 Å². The van der Waals surface area contributed by atoms with E-state index in [-0.39, 0.29) is 18.4 Å². The zero-order chi connectivity index (χ0) is 29.1. The molecule has 2 heterocycles. The Kier molecular flexibility index (Phi) is 7.84. The van der Waals surface area contributed by atoms with Crippen molar-refractivity contribution in [2.75, 3.05) is 50.5 Å². The van der Waals surface area contributed by atoms with Gasteiger partial charge in [-0.3, -0.25) is 19.3 Å². The van der Waals surface area contributed by atoms with Gasteiger partial charge in [0.1, 0.15) is 0 Å². The highest BCUT2D eigenvalue weighted by molar-refractivity contribution is 6.37. The van der Waals surface area contributed by atoms with E-state index in [4.69, 9.17) is 9.84 Å². The van der Waals surface area contributed by atoms with E-state index in [0.29, 0.717) is 71.1 Å². The molecule has 1 fully saturated rings. The standard InChI is InChI=1S/C31H30N4O6/c1-19-16-24-25(17-23(19)31(40)41-2)33-29(38)27(24)28(20-6-4-3-5-7-20)32-22-10-8-21(9-11-22)30(39)35-14-12-34(13-15-35)18-26(36)37/h3-11,16-17,32H,12-15,18H2,1-2H3,(H,33,38)(H,36,37)/b28-27-. The number of rotatable bonds is 7. The molecule has 0 unspecified atom stereocenters. The lowest BCUT2D eigenvalue weighted by atomic mass is 9.96. The van der Waals surface area contributed by atoms with Gasteiger partial charge in [0.05, 0.1) is 36.2 Å². The van der Waals surface area contributed by atoms with Crippen LogP contribution in [0.15, 0.2) is 66.7 Å². The molecule has 0 atom stereocenters. The van der Waals surface area contributed by atoms with Gasteiger partial charge in [0.15, 0.2) is 0 Å². The second kappa shape index (κ2) is 11.6. The van der Waals surface area contributed by atoms with E-state index in [1.54, 1.807) is 48.2 Å². The fourth-order valence-corrected chi connectivity index (χ4v) is 5.11. The Morgan fingerprint density at radius 3 is 2.27 bits per heavy atom. The van der Waals surface area contributed by atoms with Crippen LogP contribution in [0.2, 0.25) is 0 Å². The van der Waals surface area contributed by atoms with Crippen molar-refractivity contribution in [2.45, 2.75) is 6.92 Å². The number of carboxylic acids is 1. The molecule has 0 saturated carbocycles. The number of carbonyl (C=O) groups is 4. The number of hydrogen-bond acceptors (Lipinski definition) is 7. The first-order valence-electron chi connectivity index (χ1n) is 13.2. The molecule has 3 aromatic rings. The molecule has 0 aliphatic carbocycles. The SMILES string of the molecule is COC(=O)c1cc2c(cc1C)/C(=C(/Nc1ccc(C(=O)N3CCN(CC(=O)O)CC3)cc1)c1ccccc1)C(=O)N2. The first kappa shape index (κ1) is 27.6. The average Bonchev–Trinajstić information content (AvgIpc) is 3.29. The summed E-state index contributed by atoms with van der Waals surface area (Å²) >= 11 is 0. The number of piperazine rings is 1. The van der Waals surface area contributed by atoms with Crippen LogP contribution in [0.4, 0.5) is 11.4 Å². The summed E-state index contributed by atoms with van der Waals surface area (Å²) in [6.45, 7) is 3.70. The number of methoxy groups -OCH3 is 1. The molecule has 1 saturated heterocycles. The fourth-order valence-electron chi connectivity index (χ4n) is 5.11. The number of hydrogen-bond donors (Lipinski definition) is 3. The second-order valence-electron chi connectivity index (χ2n) is 9.94. The number of esters is 1. The minimum absolute atomic E-state index is 0.0316. The molecule has 0 radical (unpaired) electrons. The Morgan fingerprint density at radius 1 is 0.951 bits per heavy atom. The summed E-state index contributed by atoms with van der Waals surface area (Å²) < 4.78 is 4.88. The molecule has 10 heteroatoms. The van der Waals surface area contributed by atoms with Crippen molar-refractivity contribution in [2.24, 2.45) is 0 Å². The van der Waals surface area contributed by atoms with Crippen molar-refractivity contribution in [1.29, 1.82) is 0 Å². The summed E-state index contributed by atoms with van der Waals surface area (Å²) in [5, 5.41) is 15.3. The second-order valence-corrected chi connectivity index (χ2v) is 9.94. The lowest BCUT2D eigenvalue weighted by molar-refractivity contribution is -0.138. The Balaban J connectivity index is 1.42. The molecule has 41 heavy (non-hydrogen) atoms. The molecule has 2 aliphatic heterocycles.